The van der Waals surface area contributed by atoms with E-state index in [-0.39, 0.29) is 5.57 Å². The van der Waals surface area contributed by atoms with Gasteiger partial charge in [0.25, 0.3) is 0 Å². The normalized spacial score (nSPS) is 11.3. The number of para-hydroxylation sites is 1. The van der Waals surface area contributed by atoms with E-state index in [0.29, 0.717) is 0 Å². The van der Waals surface area contributed by atoms with Gasteiger partial charge in [-0.05, 0) is 18.2 Å². The van der Waals surface area contributed by atoms with Crippen molar-refractivity contribution < 1.29 is 19.4 Å². The number of hydrogen-bond donors (Lipinski definition) is 2. The maximum absolute atomic E-state index is 10.9. The zero-order chi connectivity index (χ0) is 13.4. The average molecular weight is 247 g/mol. The van der Waals surface area contributed by atoms with Crippen LogP contribution in [-0.2, 0) is 14.3 Å². The Morgan fingerprint density at radius 2 is 1.89 bits per heavy atom. The van der Waals surface area contributed by atoms with Gasteiger partial charge in [-0.15, -0.1) is 0 Å². The number of rotatable bonds is 5. The number of carboxylic acid groups (broad SMARTS) is 1. The number of nitrogens with one attached hydrogen (secondary N) is 1. The van der Waals surface area contributed by atoms with E-state index in [1.54, 1.807) is 12.1 Å². The van der Waals surface area contributed by atoms with Crippen LogP contribution < -0.4 is 5.32 Å². The van der Waals surface area contributed by atoms with Crippen molar-refractivity contribution in [1.29, 1.82) is 0 Å². The third-order valence-corrected chi connectivity index (χ3v) is 2.02. The summed E-state index contributed by atoms with van der Waals surface area (Å²) in [6.07, 6.45) is 3.52. The smallest absolute Gasteiger partial charge is 0.337 e. The second-order valence-electron chi connectivity index (χ2n) is 3.27. The van der Waals surface area contributed by atoms with Crippen LogP contribution in [-0.4, -0.2) is 24.2 Å². The van der Waals surface area contributed by atoms with Gasteiger partial charge in [-0.1, -0.05) is 18.2 Å². The van der Waals surface area contributed by atoms with Gasteiger partial charge in [0.1, 0.15) is 0 Å². The quantitative estimate of drug-likeness (QED) is 0.471. The summed E-state index contributed by atoms with van der Waals surface area (Å²) in [5.74, 6) is -1.75. The van der Waals surface area contributed by atoms with E-state index in [9.17, 15) is 9.59 Å². The molecule has 0 radical (unpaired) electrons. The Morgan fingerprint density at radius 1 is 1.22 bits per heavy atom. The van der Waals surface area contributed by atoms with Crippen molar-refractivity contribution in [3.8, 4) is 0 Å². The molecule has 0 fully saturated rings. The van der Waals surface area contributed by atoms with Crippen LogP contribution in [0.2, 0.25) is 0 Å². The van der Waals surface area contributed by atoms with Gasteiger partial charge in [0.05, 0.1) is 12.7 Å². The SMILES string of the molecule is COC(=O)/C=C/C(=C\Nc1ccccc1)C(=O)O. The van der Waals surface area contributed by atoms with E-state index >= 15 is 0 Å². The molecule has 94 valence electrons. The average Bonchev–Trinajstić information content (AvgIpc) is 2.39. The Labute approximate surface area is 104 Å². The van der Waals surface area contributed by atoms with E-state index < -0.39 is 11.9 Å². The van der Waals surface area contributed by atoms with Gasteiger partial charge >= 0.3 is 11.9 Å². The maximum Gasteiger partial charge on any atom is 0.337 e. The number of carbonyl (C=O) groups is 2. The minimum atomic E-state index is -1.14. The highest BCUT2D eigenvalue weighted by atomic mass is 16.5. The molecular formula is C13H13NO4. The lowest BCUT2D eigenvalue weighted by Gasteiger charge is -2.01. The predicted molar refractivity (Wildman–Crippen MR) is 66.9 cm³/mol. The van der Waals surface area contributed by atoms with Crippen molar-refractivity contribution in [2.75, 3.05) is 12.4 Å². The zero-order valence-electron chi connectivity index (χ0n) is 9.79. The second-order valence-corrected chi connectivity index (χ2v) is 3.27. The second kappa shape index (κ2) is 6.90. The molecule has 5 nitrogen and oxygen atoms in total. The number of benzene rings is 1. The lowest BCUT2D eigenvalue weighted by molar-refractivity contribution is -0.134. The number of carboxylic acids is 1. The number of hydrogen-bond acceptors (Lipinski definition) is 4. The molecule has 0 spiro atoms. The van der Waals surface area contributed by atoms with E-state index in [1.165, 1.54) is 19.4 Å². The fourth-order valence-corrected chi connectivity index (χ4v) is 1.10. The van der Waals surface area contributed by atoms with Gasteiger partial charge in [-0.25, -0.2) is 9.59 Å². The Hall–Kier alpha value is -2.56. The number of aliphatic carboxylic acids is 1. The molecule has 0 bridgehead atoms. The first-order chi connectivity index (χ1) is 8.63. The molecule has 0 aliphatic rings. The Balaban J connectivity index is 2.76. The summed E-state index contributed by atoms with van der Waals surface area (Å²) in [6, 6.07) is 9.08. The summed E-state index contributed by atoms with van der Waals surface area (Å²) in [5.41, 5.74) is 0.701. The fourth-order valence-electron chi connectivity index (χ4n) is 1.10. The molecule has 1 aromatic carbocycles. The van der Waals surface area contributed by atoms with Crippen LogP contribution in [0.1, 0.15) is 0 Å². The summed E-state index contributed by atoms with van der Waals surface area (Å²) in [5, 5.41) is 11.7. The summed E-state index contributed by atoms with van der Waals surface area (Å²) in [6.45, 7) is 0. The van der Waals surface area contributed by atoms with E-state index in [1.807, 2.05) is 18.2 Å². The van der Waals surface area contributed by atoms with Crippen LogP contribution in [0.15, 0.2) is 54.3 Å². The van der Waals surface area contributed by atoms with Crippen LogP contribution in [0.4, 0.5) is 5.69 Å². The first kappa shape index (κ1) is 13.5. The third kappa shape index (κ3) is 4.52. The van der Waals surface area contributed by atoms with Crippen molar-refractivity contribution in [1.82, 2.24) is 0 Å². The molecule has 0 unspecified atom stereocenters. The van der Waals surface area contributed by atoms with Gasteiger partial charge in [0.2, 0.25) is 0 Å². The van der Waals surface area contributed by atoms with Crippen LogP contribution in [0.25, 0.3) is 0 Å². The van der Waals surface area contributed by atoms with Gasteiger partial charge < -0.3 is 15.2 Å². The van der Waals surface area contributed by atoms with Crippen LogP contribution in [0.3, 0.4) is 0 Å². The van der Waals surface area contributed by atoms with Crippen LogP contribution >= 0.6 is 0 Å². The molecule has 5 heteroatoms. The van der Waals surface area contributed by atoms with Crippen LogP contribution in [0.5, 0.6) is 0 Å². The van der Waals surface area contributed by atoms with Crippen LogP contribution in [0, 0.1) is 0 Å². The molecule has 1 aromatic rings. The first-order valence-corrected chi connectivity index (χ1v) is 5.14. The van der Waals surface area contributed by atoms with Gasteiger partial charge in [-0.2, -0.15) is 0 Å². The molecule has 0 saturated carbocycles. The molecule has 0 atom stereocenters. The van der Waals surface area contributed by atoms with E-state index in [0.717, 1.165) is 11.8 Å². The van der Waals surface area contributed by atoms with E-state index in [2.05, 4.69) is 10.1 Å². The zero-order valence-corrected chi connectivity index (χ0v) is 9.79. The molecule has 0 aliphatic carbocycles. The minimum absolute atomic E-state index is 0.0516. The minimum Gasteiger partial charge on any atom is -0.478 e. The van der Waals surface area contributed by atoms with Crippen molar-refractivity contribution in [2.45, 2.75) is 0 Å². The van der Waals surface area contributed by atoms with Crippen molar-refractivity contribution in [3.63, 3.8) is 0 Å². The maximum atomic E-state index is 10.9. The molecule has 0 saturated heterocycles. The Kier molecular flexibility index (Phi) is 5.18. The molecule has 0 amide bonds. The van der Waals surface area contributed by atoms with Crippen molar-refractivity contribution in [3.05, 3.63) is 54.3 Å². The molecule has 18 heavy (non-hydrogen) atoms. The molecule has 2 N–H and O–H groups in total. The number of ether oxygens (including phenoxy) is 1. The highest BCUT2D eigenvalue weighted by Gasteiger charge is 2.03. The van der Waals surface area contributed by atoms with E-state index in [4.69, 9.17) is 5.11 Å². The Bertz CT molecular complexity index is 477. The van der Waals surface area contributed by atoms with Gasteiger partial charge in [0.15, 0.2) is 0 Å². The molecule has 0 aliphatic heterocycles. The van der Waals surface area contributed by atoms with Gasteiger partial charge in [0, 0.05) is 18.0 Å². The van der Waals surface area contributed by atoms with Crippen molar-refractivity contribution >= 4 is 17.6 Å². The number of anilines is 1. The number of carbonyl (C=O) groups excluding carboxylic acids is 1. The predicted octanol–water partition coefficient (Wildman–Crippen LogP) is 1.80. The summed E-state index contributed by atoms with van der Waals surface area (Å²) >= 11 is 0. The summed E-state index contributed by atoms with van der Waals surface area (Å²) in [7, 11) is 1.22. The lowest BCUT2D eigenvalue weighted by atomic mass is 10.2. The highest BCUT2D eigenvalue weighted by molar-refractivity contribution is 5.93. The molecule has 1 rings (SSSR count). The number of esters is 1. The third-order valence-electron chi connectivity index (χ3n) is 2.02. The monoisotopic (exact) mass is 247 g/mol. The highest BCUT2D eigenvalue weighted by Crippen LogP contribution is 2.06. The standard InChI is InChI=1S/C13H13NO4/c1-18-12(15)8-7-10(13(16)17)9-14-11-5-3-2-4-6-11/h2-9,14H,1H3,(H,16,17)/b8-7+,10-9+. The largest absolute Gasteiger partial charge is 0.478 e. The summed E-state index contributed by atoms with van der Waals surface area (Å²) < 4.78 is 4.38. The molecular weight excluding hydrogens is 234 g/mol. The van der Waals surface area contributed by atoms with Crippen molar-refractivity contribution in [2.24, 2.45) is 0 Å². The fraction of sp³-hybridized carbons (Fsp3) is 0.0769. The lowest BCUT2D eigenvalue weighted by Crippen LogP contribution is -2.02. The number of methoxy groups -OCH3 is 1. The Morgan fingerprint density at radius 3 is 2.44 bits per heavy atom. The summed E-state index contributed by atoms with van der Waals surface area (Å²) in [4.78, 5) is 21.8. The topological polar surface area (TPSA) is 75.6 Å². The molecule has 0 aromatic heterocycles. The molecule has 0 heterocycles. The first-order valence-electron chi connectivity index (χ1n) is 5.14. The van der Waals surface area contributed by atoms with Gasteiger partial charge in [-0.3, -0.25) is 0 Å².